The molecular formula is C71H94N10O20. The molecule has 0 spiro atoms. The molecule has 4 aromatic carbocycles. The van der Waals surface area contributed by atoms with E-state index < -0.39 is 96.1 Å². The summed E-state index contributed by atoms with van der Waals surface area (Å²) < 4.78 is 44.8. The lowest BCUT2D eigenvalue weighted by molar-refractivity contribution is -0.128. The van der Waals surface area contributed by atoms with Crippen molar-refractivity contribution in [1.82, 2.24) is 31.1 Å². The van der Waals surface area contributed by atoms with Crippen LogP contribution >= 0.6 is 0 Å². The van der Waals surface area contributed by atoms with Gasteiger partial charge in [-0.2, -0.15) is 0 Å². The number of hydrogen-bond acceptors (Lipinski definition) is 20. The van der Waals surface area contributed by atoms with Gasteiger partial charge in [-0.15, -0.1) is 0 Å². The van der Waals surface area contributed by atoms with Crippen molar-refractivity contribution >= 4 is 82.6 Å². The van der Waals surface area contributed by atoms with E-state index in [-0.39, 0.29) is 110 Å². The largest absolute Gasteiger partial charge is 0.493 e. The maximum absolute atomic E-state index is 14.1. The minimum atomic E-state index is -0.997. The molecule has 2 saturated heterocycles. The maximum Gasteiger partial charge on any atom is 0.411 e. The number of carbonyl (C=O) groups excluding carboxylic acids is 10. The van der Waals surface area contributed by atoms with Crippen LogP contribution in [0.1, 0.15) is 118 Å². The number of aliphatic hydroxyl groups excluding tert-OH is 2. The second-order valence-corrected chi connectivity index (χ2v) is 24.6. The molecule has 2 aliphatic rings. The number of amides is 10. The van der Waals surface area contributed by atoms with Crippen LogP contribution in [0.25, 0.3) is 0 Å². The van der Waals surface area contributed by atoms with E-state index in [2.05, 4.69) is 55.7 Å². The first-order chi connectivity index (χ1) is 48.4. The number of ether oxygens (including phenoxy) is 8. The van der Waals surface area contributed by atoms with E-state index in [9.17, 15) is 58.2 Å². The van der Waals surface area contributed by atoms with Gasteiger partial charge in [0.05, 0.1) is 75.2 Å². The van der Waals surface area contributed by atoms with Crippen molar-refractivity contribution in [1.29, 1.82) is 0 Å². The molecule has 0 aliphatic carbocycles. The van der Waals surface area contributed by atoms with Crippen LogP contribution in [0.2, 0.25) is 0 Å². The molecule has 30 heteroatoms. The van der Waals surface area contributed by atoms with Gasteiger partial charge in [0.2, 0.25) is 23.6 Å². The van der Waals surface area contributed by atoms with Crippen LogP contribution in [0, 0.1) is 11.8 Å². The van der Waals surface area contributed by atoms with Crippen molar-refractivity contribution in [3.63, 3.8) is 0 Å². The second-order valence-electron chi connectivity index (χ2n) is 24.6. The average molecular weight is 1410 g/mol. The number of alkyl carbamates (subject to hydrolysis) is 2. The molecule has 0 radical (unpaired) electrons. The third-order valence-electron chi connectivity index (χ3n) is 16.3. The van der Waals surface area contributed by atoms with Gasteiger partial charge < -0.3 is 89.8 Å². The van der Waals surface area contributed by atoms with Crippen molar-refractivity contribution < 1.29 is 96.1 Å². The van der Waals surface area contributed by atoms with E-state index in [1.165, 1.54) is 74.3 Å². The predicted octanol–water partition coefficient (Wildman–Crippen LogP) is 7.78. The molecule has 101 heavy (non-hydrogen) atoms. The van der Waals surface area contributed by atoms with Crippen molar-refractivity contribution in [3.8, 4) is 23.0 Å². The molecule has 0 bridgehead atoms. The summed E-state index contributed by atoms with van der Waals surface area (Å²) in [6.45, 7) is 16.9. The lowest BCUT2D eigenvalue weighted by Gasteiger charge is -2.25. The Morgan fingerprint density at radius 3 is 1.20 bits per heavy atom. The lowest BCUT2D eigenvalue weighted by Crippen LogP contribution is -2.53. The summed E-state index contributed by atoms with van der Waals surface area (Å²) >= 11 is 0. The van der Waals surface area contributed by atoms with Gasteiger partial charge in [-0.3, -0.25) is 39.4 Å². The zero-order valence-corrected chi connectivity index (χ0v) is 58.3. The Bertz CT molecular complexity index is 3310. The second kappa shape index (κ2) is 39.8. The van der Waals surface area contributed by atoms with Crippen LogP contribution in [0.4, 0.5) is 41.9 Å². The van der Waals surface area contributed by atoms with E-state index in [0.29, 0.717) is 80.5 Å². The number of aliphatic hydroxyl groups is 2. The lowest BCUT2D eigenvalue weighted by atomic mass is 10.0. The quantitative estimate of drug-likeness (QED) is 0.0118. The van der Waals surface area contributed by atoms with E-state index in [1.807, 2.05) is 0 Å². The van der Waals surface area contributed by atoms with Gasteiger partial charge in [-0.1, -0.05) is 77.3 Å². The molecule has 2 fully saturated rings. The highest BCUT2D eigenvalue weighted by molar-refractivity contribution is 6.05. The van der Waals surface area contributed by atoms with Gasteiger partial charge in [0.15, 0.2) is 23.0 Å². The third-order valence-corrected chi connectivity index (χ3v) is 16.3. The third kappa shape index (κ3) is 23.8. The molecule has 4 aromatic rings. The maximum atomic E-state index is 14.1. The SMILES string of the molecule is C=CCOC(=O)N[C@H](C(=O)N[C@@H](C)C(=O)Nc1ccc(COC(=O)Nc2cc(OCCCCCOc3cc(NC(=O)OCc4ccc(NC(=O)[C@H](C)NC(=O)[C@@H](NC(=O)OCC=C)C(C)C)cc4)c(C(=O)N4CCC[C@H]4CO)cc3OC)c(OC)cc2C(=O)N2CCC[C@H]2CO)cc1)C(C)C. The number of likely N-dealkylation sites (tertiary alicyclic amines) is 2. The van der Waals surface area contributed by atoms with E-state index >= 15 is 0 Å². The number of anilines is 4. The van der Waals surface area contributed by atoms with Gasteiger partial charge in [0, 0.05) is 36.6 Å². The fourth-order valence-corrected chi connectivity index (χ4v) is 10.7. The molecule has 6 atom stereocenters. The van der Waals surface area contributed by atoms with E-state index in [4.69, 9.17) is 37.9 Å². The fourth-order valence-electron chi connectivity index (χ4n) is 10.7. The summed E-state index contributed by atoms with van der Waals surface area (Å²) in [5.74, 6) is -3.03. The van der Waals surface area contributed by atoms with Crippen molar-refractivity contribution in [3.05, 3.63) is 120 Å². The molecule has 30 nitrogen and oxygen atoms in total. The Hall–Kier alpha value is -10.6. The minimum Gasteiger partial charge on any atom is -0.493 e. The minimum absolute atomic E-state index is 0.0463. The average Bonchev–Trinajstić information content (AvgIpc) is 1.78. The van der Waals surface area contributed by atoms with Gasteiger partial charge in [-0.05, 0) is 118 Å². The van der Waals surface area contributed by atoms with Gasteiger partial charge >= 0.3 is 24.4 Å². The molecule has 0 saturated carbocycles. The fraction of sp³-hybridized carbons (Fsp3) is 0.465. The molecule has 10 amide bonds. The highest BCUT2D eigenvalue weighted by Crippen LogP contribution is 2.38. The summed E-state index contributed by atoms with van der Waals surface area (Å²) in [4.78, 5) is 135. The number of methoxy groups -OCH3 is 2. The summed E-state index contributed by atoms with van der Waals surface area (Å²) in [7, 11) is 2.81. The normalized spacial score (nSPS) is 15.1. The Balaban J connectivity index is 1.04. The van der Waals surface area contributed by atoms with Crippen molar-refractivity contribution in [2.24, 2.45) is 11.8 Å². The summed E-state index contributed by atoms with van der Waals surface area (Å²) in [5.41, 5.74) is 2.07. The van der Waals surface area contributed by atoms with Crippen molar-refractivity contribution in [2.75, 3.05) is 88.2 Å². The molecule has 6 rings (SSSR count). The summed E-state index contributed by atoms with van der Waals surface area (Å²) in [6, 6.07) is 13.8. The Morgan fingerprint density at radius 2 is 0.861 bits per heavy atom. The Labute approximate surface area is 586 Å². The standard InChI is InChI=1S/C71H94N10O20/c1-11-30-98-70(92)78-60(42(3)4)64(86)72-44(7)62(84)74-48-24-20-46(21-25-48)40-100-68(90)76-54-36-58(56(94-9)34-52(54)66(88)80-28-16-18-50(80)38-82)96-32-14-13-15-33-97-59-37-55(53(35-57(59)95-10)67(89)81-29-17-19-51(81)39-83)77-69(91)101-41-47-22-26-49(27-23-47)75-63(85)45(8)73-65(87)61(43(5)6)79-71(93)99-31-12-2/h11-12,20-27,34-37,42-45,50-51,60-61,82-83H,1-2,13-19,28-33,38-41H2,3-10H3,(H,72,86)(H,73,87)(H,74,84)(H,75,85)(H,76,90)(H,77,91)(H,78,92)(H,79,93)/t44-,45-,50-,51-,60-,61-/m0/s1. The zero-order chi connectivity index (χ0) is 73.7. The number of nitrogens with one attached hydrogen (secondary N) is 8. The van der Waals surface area contributed by atoms with Gasteiger partial charge in [0.1, 0.15) is 50.6 Å². The van der Waals surface area contributed by atoms with Crippen LogP contribution in [0.3, 0.4) is 0 Å². The van der Waals surface area contributed by atoms with Crippen LogP contribution in [-0.4, -0.2) is 183 Å². The Kier molecular flexibility index (Phi) is 31.3. The first-order valence-corrected chi connectivity index (χ1v) is 33.3. The van der Waals surface area contributed by atoms with Crippen molar-refractivity contribution in [2.45, 2.75) is 136 Å². The number of nitrogens with zero attached hydrogens (tertiary/aromatic N) is 2. The van der Waals surface area contributed by atoms with Gasteiger partial charge in [0.25, 0.3) is 11.8 Å². The molecule has 548 valence electrons. The Morgan fingerprint density at radius 1 is 0.485 bits per heavy atom. The molecule has 2 aliphatic heterocycles. The predicted molar refractivity (Wildman–Crippen MR) is 373 cm³/mol. The first kappa shape index (κ1) is 79.4. The van der Waals surface area contributed by atoms with Crippen LogP contribution < -0.4 is 61.5 Å². The highest BCUT2D eigenvalue weighted by atomic mass is 16.6. The van der Waals surface area contributed by atoms with Crippen LogP contribution in [0.15, 0.2) is 98.1 Å². The van der Waals surface area contributed by atoms with Crippen LogP contribution in [0.5, 0.6) is 23.0 Å². The van der Waals surface area contributed by atoms with Gasteiger partial charge in [-0.25, -0.2) is 19.2 Å². The van der Waals surface area contributed by atoms with E-state index in [1.54, 1.807) is 76.2 Å². The number of hydrogen-bond donors (Lipinski definition) is 10. The highest BCUT2D eigenvalue weighted by Gasteiger charge is 2.35. The molecule has 0 aromatic heterocycles. The molecular weight excluding hydrogens is 1310 g/mol. The first-order valence-electron chi connectivity index (χ1n) is 33.3. The van der Waals surface area contributed by atoms with Crippen LogP contribution in [-0.2, 0) is 51.3 Å². The number of benzene rings is 4. The molecule has 10 N–H and O–H groups in total. The zero-order valence-electron chi connectivity index (χ0n) is 58.3. The smallest absolute Gasteiger partial charge is 0.411 e. The topological polar surface area (TPSA) is 388 Å². The summed E-state index contributed by atoms with van der Waals surface area (Å²) in [5, 5.41) is 41.2. The monoisotopic (exact) mass is 1410 g/mol. The molecule has 2 heterocycles. The molecule has 0 unspecified atom stereocenters. The number of carbonyl (C=O) groups is 10. The number of unbranched alkanes of at least 4 members (excludes halogenated alkanes) is 2. The summed E-state index contributed by atoms with van der Waals surface area (Å²) in [6.07, 6.45) is 3.38. The number of rotatable bonds is 36. The van der Waals surface area contributed by atoms with E-state index in [0.717, 1.165) is 0 Å².